The van der Waals surface area contributed by atoms with Crippen LogP contribution in [0.15, 0.2) is 72.8 Å². The predicted octanol–water partition coefficient (Wildman–Crippen LogP) is 6.98. The zero-order valence-electron chi connectivity index (χ0n) is 16.4. The van der Waals surface area contributed by atoms with E-state index in [0.717, 1.165) is 11.5 Å². The highest BCUT2D eigenvalue weighted by Gasteiger charge is 2.16. The van der Waals surface area contributed by atoms with Gasteiger partial charge >= 0.3 is 0 Å². The summed E-state index contributed by atoms with van der Waals surface area (Å²) in [7, 11) is 0. The number of fused-ring (bicyclic) bond motifs is 5. The molecular formula is C26H22N2. The van der Waals surface area contributed by atoms with Crippen molar-refractivity contribution in [3.63, 3.8) is 0 Å². The summed E-state index contributed by atoms with van der Waals surface area (Å²) in [6.45, 7) is 6.28. The summed E-state index contributed by atoms with van der Waals surface area (Å²) in [5, 5.41) is 5.12. The molecule has 5 aromatic rings. The molecule has 3 aromatic carbocycles. The third-order valence-corrected chi connectivity index (χ3v) is 5.49. The molecule has 2 nitrogen and oxygen atoms in total. The van der Waals surface area contributed by atoms with Gasteiger partial charge in [0.2, 0.25) is 0 Å². The summed E-state index contributed by atoms with van der Waals surface area (Å²) in [6.07, 6.45) is 4.12. The summed E-state index contributed by atoms with van der Waals surface area (Å²) in [5.41, 5.74) is 5.85. The molecule has 0 fully saturated rings. The Morgan fingerprint density at radius 1 is 0.821 bits per heavy atom. The average Bonchev–Trinajstić information content (AvgIpc) is 3.03. The standard InChI is InChI=1S/C26H22N2/c1-4-7-22-18(3)11-15-25(27-22)28-23-14-12-19-8-5-6-9-20(19)26(23)21-13-10-17(2)16-24(21)28/h4-16H,1-3H3/b7-4-. The summed E-state index contributed by atoms with van der Waals surface area (Å²) in [4.78, 5) is 4.99. The van der Waals surface area contributed by atoms with Crippen molar-refractivity contribution in [1.29, 1.82) is 0 Å². The molecule has 0 aliphatic carbocycles. The molecule has 0 spiro atoms. The molecule has 0 unspecified atom stereocenters. The van der Waals surface area contributed by atoms with Gasteiger partial charge in [-0.05, 0) is 66.9 Å². The monoisotopic (exact) mass is 362 g/mol. The summed E-state index contributed by atoms with van der Waals surface area (Å²) in [5.74, 6) is 0.958. The Morgan fingerprint density at radius 2 is 1.68 bits per heavy atom. The summed E-state index contributed by atoms with van der Waals surface area (Å²) >= 11 is 0. The molecule has 0 aliphatic heterocycles. The van der Waals surface area contributed by atoms with Crippen LogP contribution in [0.4, 0.5) is 0 Å². The van der Waals surface area contributed by atoms with E-state index in [2.05, 4.69) is 91.2 Å². The molecule has 0 saturated carbocycles. The van der Waals surface area contributed by atoms with Gasteiger partial charge in [0.1, 0.15) is 5.82 Å². The predicted molar refractivity (Wildman–Crippen MR) is 120 cm³/mol. The van der Waals surface area contributed by atoms with Crippen molar-refractivity contribution < 1.29 is 0 Å². The van der Waals surface area contributed by atoms with Crippen LogP contribution in [0.25, 0.3) is 44.5 Å². The number of hydrogen-bond acceptors (Lipinski definition) is 1. The Balaban J connectivity index is 1.97. The van der Waals surface area contributed by atoms with Crippen LogP contribution >= 0.6 is 0 Å². The van der Waals surface area contributed by atoms with Gasteiger partial charge < -0.3 is 0 Å². The van der Waals surface area contributed by atoms with Gasteiger partial charge in [0.15, 0.2) is 0 Å². The highest BCUT2D eigenvalue weighted by molar-refractivity contribution is 6.21. The maximum atomic E-state index is 4.99. The molecule has 2 heterocycles. The molecular weight excluding hydrogens is 340 g/mol. The van der Waals surface area contributed by atoms with Gasteiger partial charge in [-0.1, -0.05) is 54.6 Å². The molecule has 0 aliphatic rings. The van der Waals surface area contributed by atoms with Gasteiger partial charge in [0, 0.05) is 10.8 Å². The van der Waals surface area contributed by atoms with Crippen molar-refractivity contribution in [2.45, 2.75) is 20.8 Å². The van der Waals surface area contributed by atoms with E-state index in [1.54, 1.807) is 0 Å². The highest BCUT2D eigenvalue weighted by Crippen LogP contribution is 2.36. The lowest BCUT2D eigenvalue weighted by atomic mass is 10.0. The summed E-state index contributed by atoms with van der Waals surface area (Å²) in [6, 6.07) is 24.0. The van der Waals surface area contributed by atoms with Crippen molar-refractivity contribution in [2.75, 3.05) is 0 Å². The second kappa shape index (κ2) is 6.35. The van der Waals surface area contributed by atoms with Crippen LogP contribution in [0.3, 0.4) is 0 Å². The van der Waals surface area contributed by atoms with E-state index in [4.69, 9.17) is 4.98 Å². The van der Waals surface area contributed by atoms with E-state index in [1.165, 1.54) is 43.7 Å². The number of aryl methyl sites for hydroxylation is 2. The second-order valence-corrected chi connectivity index (χ2v) is 7.41. The number of nitrogens with zero attached hydrogens (tertiary/aromatic N) is 2. The van der Waals surface area contributed by atoms with Crippen LogP contribution < -0.4 is 0 Å². The van der Waals surface area contributed by atoms with Crippen molar-refractivity contribution >= 4 is 38.7 Å². The Kier molecular flexibility index (Phi) is 3.80. The van der Waals surface area contributed by atoms with Crippen molar-refractivity contribution in [3.05, 3.63) is 89.6 Å². The van der Waals surface area contributed by atoms with E-state index < -0.39 is 0 Å². The first-order valence-electron chi connectivity index (χ1n) is 9.70. The van der Waals surface area contributed by atoms with Gasteiger partial charge in [0.25, 0.3) is 0 Å². The molecule has 136 valence electrons. The van der Waals surface area contributed by atoms with Crippen molar-refractivity contribution in [3.8, 4) is 5.82 Å². The molecule has 0 atom stereocenters. The average molecular weight is 362 g/mol. The Labute approximate surface area is 164 Å². The highest BCUT2D eigenvalue weighted by atomic mass is 15.1. The molecule has 5 rings (SSSR count). The molecule has 0 radical (unpaired) electrons. The van der Waals surface area contributed by atoms with Crippen LogP contribution in [0.2, 0.25) is 0 Å². The number of rotatable bonds is 2. The number of benzene rings is 3. The van der Waals surface area contributed by atoms with E-state index >= 15 is 0 Å². The first-order valence-corrected chi connectivity index (χ1v) is 9.70. The van der Waals surface area contributed by atoms with E-state index in [-0.39, 0.29) is 0 Å². The topological polar surface area (TPSA) is 17.8 Å². The minimum Gasteiger partial charge on any atom is -0.294 e. The minimum atomic E-state index is 0.958. The van der Waals surface area contributed by atoms with Gasteiger partial charge in [-0.2, -0.15) is 0 Å². The van der Waals surface area contributed by atoms with Crippen LogP contribution in [0, 0.1) is 13.8 Å². The minimum absolute atomic E-state index is 0.958. The fourth-order valence-corrected chi connectivity index (χ4v) is 4.13. The van der Waals surface area contributed by atoms with Gasteiger partial charge in [-0.25, -0.2) is 4.98 Å². The lowest BCUT2D eigenvalue weighted by Gasteiger charge is -2.10. The van der Waals surface area contributed by atoms with Gasteiger partial charge in [-0.15, -0.1) is 0 Å². The number of hydrogen-bond donors (Lipinski definition) is 0. The normalized spacial score (nSPS) is 12.0. The molecule has 2 aromatic heterocycles. The SMILES string of the molecule is C/C=C\c1nc(-n2c3cc(C)ccc3c3c4ccccc4ccc32)ccc1C. The van der Waals surface area contributed by atoms with Crippen molar-refractivity contribution in [1.82, 2.24) is 9.55 Å². The van der Waals surface area contributed by atoms with Crippen molar-refractivity contribution in [2.24, 2.45) is 0 Å². The third-order valence-electron chi connectivity index (χ3n) is 5.49. The second-order valence-electron chi connectivity index (χ2n) is 7.41. The Morgan fingerprint density at radius 3 is 2.54 bits per heavy atom. The number of aromatic nitrogens is 2. The largest absolute Gasteiger partial charge is 0.294 e. The maximum absolute atomic E-state index is 4.99. The number of allylic oxidation sites excluding steroid dienone is 1. The van der Waals surface area contributed by atoms with Gasteiger partial charge in [0.05, 0.1) is 16.7 Å². The van der Waals surface area contributed by atoms with E-state index in [0.29, 0.717) is 0 Å². The summed E-state index contributed by atoms with van der Waals surface area (Å²) < 4.78 is 2.30. The van der Waals surface area contributed by atoms with Crippen LogP contribution in [0.1, 0.15) is 23.7 Å². The first-order chi connectivity index (χ1) is 13.7. The maximum Gasteiger partial charge on any atom is 0.138 e. The van der Waals surface area contributed by atoms with Gasteiger partial charge in [-0.3, -0.25) is 4.57 Å². The molecule has 28 heavy (non-hydrogen) atoms. The van der Waals surface area contributed by atoms with Crippen LogP contribution in [-0.4, -0.2) is 9.55 Å². The zero-order chi connectivity index (χ0) is 19.3. The fraction of sp³-hybridized carbons (Fsp3) is 0.115. The number of pyridine rings is 1. The Hall–Kier alpha value is -3.39. The zero-order valence-corrected chi connectivity index (χ0v) is 16.4. The van der Waals surface area contributed by atoms with E-state index in [1.807, 2.05) is 13.0 Å². The molecule has 2 heteroatoms. The first kappa shape index (κ1) is 16.8. The lowest BCUT2D eigenvalue weighted by Crippen LogP contribution is -2.00. The molecule has 0 saturated heterocycles. The smallest absolute Gasteiger partial charge is 0.138 e. The molecule has 0 bridgehead atoms. The molecule has 0 amide bonds. The fourth-order valence-electron chi connectivity index (χ4n) is 4.13. The lowest BCUT2D eigenvalue weighted by molar-refractivity contribution is 1.06. The Bertz CT molecular complexity index is 1390. The third kappa shape index (κ3) is 2.45. The van der Waals surface area contributed by atoms with Crippen LogP contribution in [-0.2, 0) is 0 Å². The van der Waals surface area contributed by atoms with E-state index in [9.17, 15) is 0 Å². The van der Waals surface area contributed by atoms with Crippen LogP contribution in [0.5, 0.6) is 0 Å². The quantitative estimate of drug-likeness (QED) is 0.331. The molecule has 0 N–H and O–H groups in total.